The largest absolute Gasteiger partial charge is 0.339 e. The van der Waals surface area contributed by atoms with Gasteiger partial charge in [0.2, 0.25) is 11.8 Å². The number of carbonyl (C=O) groups is 2. The Hall–Kier alpha value is -1.86. The molecule has 0 saturated carbocycles. The molecule has 0 radical (unpaired) electrons. The molecule has 1 aliphatic rings. The normalized spacial score (nSPS) is 16.7. The number of hydrogen-bond donors (Lipinski definition) is 1. The van der Waals surface area contributed by atoms with Crippen LogP contribution in [0, 0.1) is 13.8 Å². The Morgan fingerprint density at radius 2 is 2.07 bits per heavy atom. The molecule has 1 N–H and O–H groups in total. The molecule has 7 heteroatoms. The van der Waals surface area contributed by atoms with Crippen LogP contribution in [0.15, 0.2) is 23.6 Å². The number of thioether (sulfide) groups is 1. The van der Waals surface area contributed by atoms with Crippen molar-refractivity contribution in [3.8, 4) is 11.3 Å². The third-order valence-electron chi connectivity index (χ3n) is 5.43. The number of aryl methyl sites for hydroxylation is 2. The summed E-state index contributed by atoms with van der Waals surface area (Å²) < 4.78 is 0. The first kappa shape index (κ1) is 21.8. The first-order chi connectivity index (χ1) is 14.0. The van der Waals surface area contributed by atoms with Gasteiger partial charge < -0.3 is 10.2 Å². The molecule has 0 aliphatic carbocycles. The molecule has 5 nitrogen and oxygen atoms in total. The zero-order chi connectivity index (χ0) is 20.8. The van der Waals surface area contributed by atoms with Crippen LogP contribution in [0.3, 0.4) is 0 Å². The number of rotatable bonds is 7. The quantitative estimate of drug-likeness (QED) is 0.678. The van der Waals surface area contributed by atoms with Crippen molar-refractivity contribution >= 4 is 40.0 Å². The zero-order valence-corrected chi connectivity index (χ0v) is 19.0. The Bertz CT molecular complexity index is 865. The molecule has 29 heavy (non-hydrogen) atoms. The van der Waals surface area contributed by atoms with E-state index in [1.165, 1.54) is 40.6 Å². The van der Waals surface area contributed by atoms with E-state index < -0.39 is 0 Å². The van der Waals surface area contributed by atoms with Crippen LogP contribution in [-0.2, 0) is 9.59 Å². The highest BCUT2D eigenvalue weighted by molar-refractivity contribution is 8.00. The van der Waals surface area contributed by atoms with Crippen molar-refractivity contribution in [2.45, 2.75) is 52.5 Å². The van der Waals surface area contributed by atoms with Gasteiger partial charge in [0.15, 0.2) is 5.13 Å². The molecule has 0 spiro atoms. The summed E-state index contributed by atoms with van der Waals surface area (Å²) in [5.74, 6) is 0.653. The molecule has 2 aromatic rings. The van der Waals surface area contributed by atoms with E-state index in [2.05, 4.69) is 49.3 Å². The summed E-state index contributed by atoms with van der Waals surface area (Å²) in [7, 11) is 0. The van der Waals surface area contributed by atoms with Gasteiger partial charge in [-0.15, -0.1) is 23.1 Å². The van der Waals surface area contributed by atoms with Gasteiger partial charge in [-0.3, -0.25) is 9.59 Å². The van der Waals surface area contributed by atoms with Crippen LogP contribution in [0.5, 0.6) is 0 Å². The molecule has 1 atom stereocenters. The molecular weight excluding hydrogens is 402 g/mol. The summed E-state index contributed by atoms with van der Waals surface area (Å²) >= 11 is 2.80. The van der Waals surface area contributed by atoms with Crippen molar-refractivity contribution in [1.82, 2.24) is 9.88 Å². The maximum atomic E-state index is 12.5. The number of carbonyl (C=O) groups excluding carboxylic acids is 2. The van der Waals surface area contributed by atoms with E-state index in [9.17, 15) is 9.59 Å². The molecule has 156 valence electrons. The van der Waals surface area contributed by atoms with Crippen molar-refractivity contribution in [1.29, 1.82) is 0 Å². The second-order valence-electron chi connectivity index (χ2n) is 7.52. The predicted molar refractivity (Wildman–Crippen MR) is 123 cm³/mol. The maximum absolute atomic E-state index is 12.5. The summed E-state index contributed by atoms with van der Waals surface area (Å²) in [6, 6.07) is 6.61. The zero-order valence-electron chi connectivity index (χ0n) is 17.4. The van der Waals surface area contributed by atoms with Crippen molar-refractivity contribution in [3.05, 3.63) is 34.7 Å². The maximum Gasteiger partial charge on any atom is 0.236 e. The lowest BCUT2D eigenvalue weighted by atomic mass is 10.0. The topological polar surface area (TPSA) is 62.3 Å². The van der Waals surface area contributed by atoms with Gasteiger partial charge in [-0.2, -0.15) is 0 Å². The minimum atomic E-state index is -0.116. The molecule has 1 aromatic heterocycles. The standard InChI is InChI=1S/C22H29N3O2S2/c1-4-18-7-5-6-10-25(18)21(27)14-28-13-20(26)24-22-23-19(12-29-22)17-9-8-15(2)16(3)11-17/h8-9,11-12,18H,4-7,10,13-14H2,1-3H3,(H,23,24,26). The van der Waals surface area contributed by atoms with Gasteiger partial charge in [-0.1, -0.05) is 19.1 Å². The Kier molecular flexibility index (Phi) is 7.72. The van der Waals surface area contributed by atoms with Crippen LogP contribution in [0.1, 0.15) is 43.7 Å². The lowest BCUT2D eigenvalue weighted by molar-refractivity contribution is -0.132. The van der Waals surface area contributed by atoms with Crippen LogP contribution in [0.4, 0.5) is 5.13 Å². The van der Waals surface area contributed by atoms with Crippen LogP contribution >= 0.6 is 23.1 Å². The van der Waals surface area contributed by atoms with Gasteiger partial charge in [-0.25, -0.2) is 4.98 Å². The number of nitrogens with one attached hydrogen (secondary N) is 1. The summed E-state index contributed by atoms with van der Waals surface area (Å²) in [6.07, 6.45) is 4.39. The first-order valence-corrected chi connectivity index (χ1v) is 12.2. The number of nitrogens with zero attached hydrogens (tertiary/aromatic N) is 2. The van der Waals surface area contributed by atoms with E-state index in [1.54, 1.807) is 0 Å². The smallest absolute Gasteiger partial charge is 0.236 e. The summed E-state index contributed by atoms with van der Waals surface area (Å²) in [5, 5.41) is 5.40. The van der Waals surface area contributed by atoms with Gasteiger partial charge in [0.05, 0.1) is 17.2 Å². The van der Waals surface area contributed by atoms with E-state index in [1.807, 2.05) is 10.3 Å². The highest BCUT2D eigenvalue weighted by Crippen LogP contribution is 2.26. The van der Waals surface area contributed by atoms with Gasteiger partial charge in [0.1, 0.15) is 0 Å². The van der Waals surface area contributed by atoms with Crippen molar-refractivity contribution in [2.24, 2.45) is 0 Å². The third kappa shape index (κ3) is 5.82. The Labute approximate surface area is 181 Å². The second-order valence-corrected chi connectivity index (χ2v) is 9.37. The fourth-order valence-electron chi connectivity index (χ4n) is 3.59. The SMILES string of the molecule is CCC1CCCCN1C(=O)CSCC(=O)Nc1nc(-c2ccc(C)c(C)c2)cs1. The lowest BCUT2D eigenvalue weighted by Crippen LogP contribution is -2.44. The molecule has 2 amide bonds. The highest BCUT2D eigenvalue weighted by atomic mass is 32.2. The lowest BCUT2D eigenvalue weighted by Gasteiger charge is -2.35. The van der Waals surface area contributed by atoms with Crippen LogP contribution in [-0.4, -0.2) is 45.8 Å². The van der Waals surface area contributed by atoms with Gasteiger partial charge in [-0.05, 0) is 56.7 Å². The minimum absolute atomic E-state index is 0.116. The molecule has 1 unspecified atom stereocenters. The number of likely N-dealkylation sites (tertiary alicyclic amines) is 1. The number of hydrogen-bond acceptors (Lipinski definition) is 5. The number of aromatic nitrogens is 1. The Morgan fingerprint density at radius 3 is 2.83 bits per heavy atom. The van der Waals surface area contributed by atoms with Crippen molar-refractivity contribution < 1.29 is 9.59 Å². The molecule has 1 aromatic carbocycles. The van der Waals surface area contributed by atoms with E-state index in [0.29, 0.717) is 16.9 Å². The van der Waals surface area contributed by atoms with Crippen molar-refractivity contribution in [2.75, 3.05) is 23.4 Å². The van der Waals surface area contributed by atoms with E-state index in [4.69, 9.17) is 0 Å². The fraction of sp³-hybridized carbons (Fsp3) is 0.500. The van der Waals surface area contributed by atoms with Crippen molar-refractivity contribution in [3.63, 3.8) is 0 Å². The summed E-state index contributed by atoms with van der Waals surface area (Å²) in [6.45, 7) is 7.16. The van der Waals surface area contributed by atoms with Crippen LogP contribution in [0.2, 0.25) is 0 Å². The number of piperidine rings is 1. The predicted octanol–water partition coefficient (Wildman–Crippen LogP) is 4.89. The average molecular weight is 432 g/mol. The van der Waals surface area contributed by atoms with Crippen LogP contribution < -0.4 is 5.32 Å². The first-order valence-electron chi connectivity index (χ1n) is 10.2. The van der Waals surface area contributed by atoms with E-state index >= 15 is 0 Å². The van der Waals surface area contributed by atoms with Gasteiger partial charge in [0.25, 0.3) is 0 Å². The van der Waals surface area contributed by atoms with Gasteiger partial charge in [0, 0.05) is 23.5 Å². The Morgan fingerprint density at radius 1 is 1.24 bits per heavy atom. The average Bonchev–Trinajstić information content (AvgIpc) is 3.18. The number of thiazole rings is 1. The molecule has 2 heterocycles. The summed E-state index contributed by atoms with van der Waals surface area (Å²) in [4.78, 5) is 31.3. The molecule has 3 rings (SSSR count). The second kappa shape index (κ2) is 10.3. The molecular formula is C22H29N3O2S2. The summed E-state index contributed by atoms with van der Waals surface area (Å²) in [5.41, 5.74) is 4.39. The number of benzene rings is 1. The molecule has 1 saturated heterocycles. The van der Waals surface area contributed by atoms with E-state index in [0.717, 1.165) is 37.1 Å². The van der Waals surface area contributed by atoms with Gasteiger partial charge >= 0.3 is 0 Å². The minimum Gasteiger partial charge on any atom is -0.339 e. The number of amides is 2. The molecule has 1 aliphatic heterocycles. The van der Waals surface area contributed by atoms with Crippen LogP contribution in [0.25, 0.3) is 11.3 Å². The molecule has 1 fully saturated rings. The number of anilines is 1. The monoisotopic (exact) mass is 431 g/mol. The Balaban J connectivity index is 1.47. The highest BCUT2D eigenvalue weighted by Gasteiger charge is 2.25. The fourth-order valence-corrected chi connectivity index (χ4v) is 5.02. The molecule has 0 bridgehead atoms. The van der Waals surface area contributed by atoms with E-state index in [-0.39, 0.29) is 17.6 Å². The third-order valence-corrected chi connectivity index (χ3v) is 7.11.